The molecule has 2 rings (SSSR count). The van der Waals surface area contributed by atoms with E-state index in [1.165, 1.54) is 199 Å². The van der Waals surface area contributed by atoms with E-state index in [0.29, 0.717) is 6.42 Å². The first kappa shape index (κ1) is 67.8. The summed E-state index contributed by atoms with van der Waals surface area (Å²) in [5, 5.41) is 87.1. The summed E-state index contributed by atoms with van der Waals surface area (Å²) in [4.78, 5) is 13.3. The van der Waals surface area contributed by atoms with E-state index >= 15 is 0 Å². The van der Waals surface area contributed by atoms with Crippen LogP contribution < -0.4 is 5.32 Å². The van der Waals surface area contributed by atoms with Crippen molar-refractivity contribution in [2.45, 2.75) is 338 Å². The molecule has 0 aromatic heterocycles. The van der Waals surface area contributed by atoms with Crippen molar-refractivity contribution < 1.29 is 64.6 Å². The lowest BCUT2D eigenvalue weighted by molar-refractivity contribution is -0.359. The van der Waals surface area contributed by atoms with E-state index in [9.17, 15) is 45.6 Å². The molecule has 1 amide bonds. The summed E-state index contributed by atoms with van der Waals surface area (Å²) in [5.74, 6) is -0.233. The minimum Gasteiger partial charge on any atom is -0.394 e. The molecule has 0 aromatic carbocycles. The number of nitrogens with one attached hydrogen (secondary N) is 1. The Morgan fingerprint density at radius 2 is 0.849 bits per heavy atom. The van der Waals surface area contributed by atoms with Gasteiger partial charge in [-0.2, -0.15) is 0 Å². The van der Waals surface area contributed by atoms with Crippen LogP contribution in [0.3, 0.4) is 0 Å². The highest BCUT2D eigenvalue weighted by Crippen LogP contribution is 2.30. The first-order chi connectivity index (χ1) is 35.6. The van der Waals surface area contributed by atoms with Crippen molar-refractivity contribution in [3.8, 4) is 0 Å². The van der Waals surface area contributed by atoms with Crippen molar-refractivity contribution in [1.82, 2.24) is 5.32 Å². The Labute approximate surface area is 444 Å². The maximum absolute atomic E-state index is 13.3. The van der Waals surface area contributed by atoms with E-state index in [2.05, 4.69) is 19.2 Å². The number of hydrogen-bond acceptors (Lipinski definition) is 13. The van der Waals surface area contributed by atoms with Crippen LogP contribution in [0.25, 0.3) is 0 Å². The summed E-state index contributed by atoms with van der Waals surface area (Å²) in [6.07, 6.45) is 35.4. The van der Waals surface area contributed by atoms with Gasteiger partial charge in [-0.25, -0.2) is 0 Å². The van der Waals surface area contributed by atoms with Gasteiger partial charge < -0.3 is 65.1 Å². The summed E-state index contributed by atoms with van der Waals surface area (Å²) in [7, 11) is 0. The zero-order valence-corrected chi connectivity index (χ0v) is 46.4. The van der Waals surface area contributed by atoms with Crippen molar-refractivity contribution in [3.05, 3.63) is 12.2 Å². The van der Waals surface area contributed by atoms with Crippen molar-refractivity contribution >= 4 is 5.91 Å². The van der Waals surface area contributed by atoms with Crippen molar-refractivity contribution in [2.24, 2.45) is 0 Å². The predicted molar refractivity (Wildman–Crippen MR) is 291 cm³/mol. The van der Waals surface area contributed by atoms with Crippen molar-refractivity contribution in [3.63, 3.8) is 0 Å². The number of hydrogen-bond donors (Lipinski definition) is 9. The molecule has 2 aliphatic rings. The Kier molecular flexibility index (Phi) is 42.5. The summed E-state index contributed by atoms with van der Waals surface area (Å²) in [6.45, 7) is 2.83. The molecule has 73 heavy (non-hydrogen) atoms. The molecular formula is C59H113NO13. The lowest BCUT2D eigenvalue weighted by atomic mass is 9.97. The Hall–Kier alpha value is -1.27. The topological polar surface area (TPSA) is 228 Å². The Bertz CT molecular complexity index is 1280. The van der Waals surface area contributed by atoms with Crippen LogP contribution in [-0.4, -0.2) is 140 Å². The SMILES string of the molecule is CCCCCCCCCCCCCCCC/C=C/C(O)C(COC1OC(CO)C(OC2OC(CO)C(O)C(O)C2O)C(O)C1O)NC(=O)CCCCCCCCCCCCCCCCCCCCCCCCC. The van der Waals surface area contributed by atoms with Crippen LogP contribution in [0, 0.1) is 0 Å². The molecule has 2 aliphatic heterocycles. The van der Waals surface area contributed by atoms with Crippen LogP contribution in [0.1, 0.15) is 264 Å². The minimum absolute atomic E-state index is 0.233. The van der Waals surface area contributed by atoms with Crippen LogP contribution in [-0.2, 0) is 23.7 Å². The molecule has 14 nitrogen and oxygen atoms in total. The van der Waals surface area contributed by atoms with Gasteiger partial charge >= 0.3 is 0 Å². The van der Waals surface area contributed by atoms with Gasteiger partial charge in [0.2, 0.25) is 5.91 Å². The third-order valence-electron chi connectivity index (χ3n) is 15.2. The van der Waals surface area contributed by atoms with Crippen LogP contribution in [0.2, 0.25) is 0 Å². The molecule has 0 aliphatic carbocycles. The zero-order chi connectivity index (χ0) is 53.2. The Balaban J connectivity index is 1.74. The summed E-state index contributed by atoms with van der Waals surface area (Å²) in [6, 6.07) is -0.909. The first-order valence-corrected chi connectivity index (χ1v) is 30.4. The van der Waals surface area contributed by atoms with Crippen LogP contribution in [0.15, 0.2) is 12.2 Å². The van der Waals surface area contributed by atoms with Crippen LogP contribution in [0.5, 0.6) is 0 Å². The second kappa shape index (κ2) is 45.7. The van der Waals surface area contributed by atoms with Crippen LogP contribution >= 0.6 is 0 Å². The summed E-state index contributed by atoms with van der Waals surface area (Å²) >= 11 is 0. The second-order valence-electron chi connectivity index (χ2n) is 21.8. The number of aliphatic hydroxyl groups excluding tert-OH is 8. The number of rotatable bonds is 49. The maximum atomic E-state index is 13.3. The summed E-state index contributed by atoms with van der Waals surface area (Å²) in [5.41, 5.74) is 0. The smallest absolute Gasteiger partial charge is 0.220 e. The highest BCUT2D eigenvalue weighted by molar-refractivity contribution is 5.76. The molecule has 2 heterocycles. The fourth-order valence-electron chi connectivity index (χ4n) is 10.3. The number of aliphatic hydroxyl groups is 8. The molecule has 2 saturated heterocycles. The largest absolute Gasteiger partial charge is 0.394 e. The molecule has 0 bridgehead atoms. The minimum atomic E-state index is -1.79. The number of allylic oxidation sites excluding steroid dienone is 1. The van der Waals surface area contributed by atoms with Gasteiger partial charge in [-0.05, 0) is 19.3 Å². The molecule has 0 radical (unpaired) electrons. The third kappa shape index (κ3) is 31.7. The molecule has 12 unspecified atom stereocenters. The molecule has 2 fully saturated rings. The van der Waals surface area contributed by atoms with E-state index in [0.717, 1.165) is 38.5 Å². The fourth-order valence-corrected chi connectivity index (χ4v) is 10.3. The van der Waals surface area contributed by atoms with Gasteiger partial charge in [0.15, 0.2) is 12.6 Å². The van der Waals surface area contributed by atoms with Gasteiger partial charge in [0.25, 0.3) is 0 Å². The average Bonchev–Trinajstić information content (AvgIpc) is 3.39. The van der Waals surface area contributed by atoms with Gasteiger partial charge in [-0.15, -0.1) is 0 Å². The van der Waals surface area contributed by atoms with Crippen molar-refractivity contribution in [1.29, 1.82) is 0 Å². The zero-order valence-electron chi connectivity index (χ0n) is 46.4. The third-order valence-corrected chi connectivity index (χ3v) is 15.2. The van der Waals surface area contributed by atoms with E-state index in [1.54, 1.807) is 6.08 Å². The van der Waals surface area contributed by atoms with E-state index in [-0.39, 0.29) is 18.9 Å². The molecule has 0 aromatic rings. The van der Waals surface area contributed by atoms with E-state index in [4.69, 9.17) is 18.9 Å². The average molecular weight is 1040 g/mol. The lowest BCUT2D eigenvalue weighted by Gasteiger charge is -2.46. The predicted octanol–water partition coefficient (Wildman–Crippen LogP) is 10.3. The Morgan fingerprint density at radius 1 is 0.479 bits per heavy atom. The molecule has 432 valence electrons. The van der Waals surface area contributed by atoms with Gasteiger partial charge in [0.05, 0.1) is 32.0 Å². The Morgan fingerprint density at radius 3 is 1.26 bits per heavy atom. The highest BCUT2D eigenvalue weighted by atomic mass is 16.7. The van der Waals surface area contributed by atoms with Gasteiger partial charge in [-0.1, -0.05) is 251 Å². The molecule has 12 atom stereocenters. The van der Waals surface area contributed by atoms with E-state index in [1.807, 2.05) is 6.08 Å². The quantitative estimate of drug-likeness (QED) is 0.0204. The second-order valence-corrected chi connectivity index (χ2v) is 21.8. The molecule has 14 heteroatoms. The first-order valence-electron chi connectivity index (χ1n) is 30.4. The number of unbranched alkanes of at least 4 members (excludes halogenated alkanes) is 36. The normalized spacial score (nSPS) is 25.4. The van der Waals surface area contributed by atoms with Gasteiger partial charge in [0.1, 0.15) is 48.8 Å². The molecule has 0 spiro atoms. The number of ether oxygens (including phenoxy) is 4. The van der Waals surface area contributed by atoms with Gasteiger partial charge in [-0.3, -0.25) is 4.79 Å². The number of carbonyl (C=O) groups is 1. The van der Waals surface area contributed by atoms with Crippen LogP contribution in [0.4, 0.5) is 0 Å². The lowest BCUT2D eigenvalue weighted by Crippen LogP contribution is -2.65. The standard InChI is InChI=1S/C59H113NO13/c1-3-5-7-9-11-13-15-17-19-21-22-23-24-25-26-27-29-31-33-35-37-39-41-43-51(64)60-47(48(63)42-40-38-36-34-32-30-28-20-18-16-14-12-10-8-6-4-2)46-70-58-56(69)54(67)57(50(45-62)72-58)73-59-55(68)53(66)52(65)49(44-61)71-59/h40,42,47-50,52-59,61-63,65-69H,3-39,41,43-46H2,1-2H3,(H,60,64)/b42-40+. The van der Waals surface area contributed by atoms with Gasteiger partial charge in [0, 0.05) is 6.42 Å². The van der Waals surface area contributed by atoms with E-state index < -0.39 is 86.8 Å². The van der Waals surface area contributed by atoms with Crippen molar-refractivity contribution in [2.75, 3.05) is 19.8 Å². The molecule has 9 N–H and O–H groups in total. The molecular weight excluding hydrogens is 931 g/mol. The fraction of sp³-hybridized carbons (Fsp3) is 0.949. The highest BCUT2D eigenvalue weighted by Gasteiger charge is 2.51. The number of amides is 1. The molecule has 0 saturated carbocycles. The summed E-state index contributed by atoms with van der Waals surface area (Å²) < 4.78 is 22.8. The monoisotopic (exact) mass is 1040 g/mol. The maximum Gasteiger partial charge on any atom is 0.220 e. The number of carbonyl (C=O) groups excluding carboxylic acids is 1.